The molecule has 0 saturated heterocycles. The molecule has 1 fully saturated rings. The van der Waals surface area contributed by atoms with Crippen LogP contribution in [0.2, 0.25) is 0 Å². The second-order valence-corrected chi connectivity index (χ2v) is 6.49. The maximum Gasteiger partial charge on any atom is 0.119 e. The van der Waals surface area contributed by atoms with Crippen LogP contribution in [0.1, 0.15) is 58.1 Å². The van der Waals surface area contributed by atoms with E-state index < -0.39 is 0 Å². The van der Waals surface area contributed by atoms with Gasteiger partial charge in [-0.05, 0) is 48.8 Å². The van der Waals surface area contributed by atoms with Crippen molar-refractivity contribution >= 4 is 0 Å². The Labute approximate surface area is 122 Å². The van der Waals surface area contributed by atoms with Crippen LogP contribution in [0.4, 0.5) is 0 Å². The molecule has 1 aromatic rings. The van der Waals surface area contributed by atoms with Gasteiger partial charge in [-0.15, -0.1) is 0 Å². The molecule has 1 aliphatic carbocycles. The molecule has 3 nitrogen and oxygen atoms in total. The minimum atomic E-state index is 0.200. The van der Waals surface area contributed by atoms with Crippen LogP contribution in [-0.4, -0.2) is 6.61 Å². The van der Waals surface area contributed by atoms with Gasteiger partial charge in [0.05, 0.1) is 6.61 Å². The first kappa shape index (κ1) is 15.3. The summed E-state index contributed by atoms with van der Waals surface area (Å²) in [6.07, 6.45) is 5.15. The van der Waals surface area contributed by atoms with Crippen molar-refractivity contribution in [2.24, 2.45) is 17.2 Å². The van der Waals surface area contributed by atoms with Gasteiger partial charge < -0.3 is 4.74 Å². The highest BCUT2D eigenvalue weighted by Gasteiger charge is 2.37. The van der Waals surface area contributed by atoms with Crippen LogP contribution in [0.15, 0.2) is 24.3 Å². The van der Waals surface area contributed by atoms with Crippen LogP contribution in [0.5, 0.6) is 5.75 Å². The molecule has 3 heteroatoms. The van der Waals surface area contributed by atoms with Gasteiger partial charge in [-0.3, -0.25) is 11.3 Å². The molecular weight excluding hydrogens is 248 g/mol. The van der Waals surface area contributed by atoms with Crippen molar-refractivity contribution in [3.8, 4) is 5.75 Å². The second kappa shape index (κ2) is 6.59. The lowest BCUT2D eigenvalue weighted by atomic mass is 9.65. The number of nitrogens with one attached hydrogen (secondary N) is 1. The van der Waals surface area contributed by atoms with Gasteiger partial charge >= 0.3 is 0 Å². The highest BCUT2D eigenvalue weighted by atomic mass is 16.5. The lowest BCUT2D eigenvalue weighted by Crippen LogP contribution is -2.41. The predicted molar refractivity (Wildman–Crippen MR) is 83.4 cm³/mol. The fourth-order valence-corrected chi connectivity index (χ4v) is 3.55. The lowest BCUT2D eigenvalue weighted by Gasteiger charge is -2.43. The van der Waals surface area contributed by atoms with E-state index in [-0.39, 0.29) is 6.04 Å². The number of benzene rings is 1. The van der Waals surface area contributed by atoms with Gasteiger partial charge in [0, 0.05) is 6.04 Å². The molecule has 112 valence electrons. The Bertz CT molecular complexity index is 431. The third kappa shape index (κ3) is 3.33. The summed E-state index contributed by atoms with van der Waals surface area (Å²) in [5.41, 5.74) is 4.62. The highest BCUT2D eigenvalue weighted by Crippen LogP contribution is 2.46. The Balaban J connectivity index is 2.24. The third-order valence-electron chi connectivity index (χ3n) is 4.70. The first-order valence-electron chi connectivity index (χ1n) is 7.77. The van der Waals surface area contributed by atoms with Gasteiger partial charge in [-0.1, -0.05) is 38.8 Å². The van der Waals surface area contributed by atoms with E-state index in [1.165, 1.54) is 31.2 Å². The summed E-state index contributed by atoms with van der Waals surface area (Å²) in [6, 6.07) is 8.54. The summed E-state index contributed by atoms with van der Waals surface area (Å²) >= 11 is 0. The Kier molecular flexibility index (Phi) is 5.06. The Morgan fingerprint density at radius 3 is 2.85 bits per heavy atom. The SMILES string of the molecule is CCOc1cccc(C(NN)C2CCCCC2(C)C)c1. The molecule has 1 aliphatic rings. The van der Waals surface area contributed by atoms with Gasteiger partial charge in [-0.25, -0.2) is 0 Å². The maximum absolute atomic E-state index is 5.89. The summed E-state index contributed by atoms with van der Waals surface area (Å²) in [4.78, 5) is 0. The summed E-state index contributed by atoms with van der Waals surface area (Å²) < 4.78 is 5.61. The normalized spacial score (nSPS) is 23.3. The first-order chi connectivity index (χ1) is 9.58. The fraction of sp³-hybridized carbons (Fsp3) is 0.647. The van der Waals surface area contributed by atoms with Crippen LogP contribution < -0.4 is 16.0 Å². The molecule has 2 atom stereocenters. The average Bonchev–Trinajstić information content (AvgIpc) is 2.42. The molecule has 3 N–H and O–H groups in total. The van der Waals surface area contributed by atoms with E-state index in [0.29, 0.717) is 17.9 Å². The standard InChI is InChI=1S/C17H28N2O/c1-4-20-14-9-7-8-13(12-14)16(19-18)15-10-5-6-11-17(15,2)3/h7-9,12,15-16,19H,4-6,10-11,18H2,1-3H3. The Hall–Kier alpha value is -1.06. The quantitative estimate of drug-likeness (QED) is 0.635. The van der Waals surface area contributed by atoms with E-state index in [4.69, 9.17) is 10.6 Å². The zero-order valence-electron chi connectivity index (χ0n) is 13.0. The molecule has 0 aromatic heterocycles. The van der Waals surface area contributed by atoms with Crippen LogP contribution >= 0.6 is 0 Å². The summed E-state index contributed by atoms with van der Waals surface area (Å²) in [5.74, 6) is 7.39. The lowest BCUT2D eigenvalue weighted by molar-refractivity contribution is 0.0981. The summed E-state index contributed by atoms with van der Waals surface area (Å²) in [7, 11) is 0. The largest absolute Gasteiger partial charge is 0.494 e. The first-order valence-corrected chi connectivity index (χ1v) is 7.77. The van der Waals surface area contributed by atoms with Crippen molar-refractivity contribution in [1.82, 2.24) is 5.43 Å². The van der Waals surface area contributed by atoms with Crippen LogP contribution in [-0.2, 0) is 0 Å². The highest BCUT2D eigenvalue weighted by molar-refractivity contribution is 5.31. The van der Waals surface area contributed by atoms with Crippen molar-refractivity contribution < 1.29 is 4.74 Å². The van der Waals surface area contributed by atoms with Gasteiger partial charge in [-0.2, -0.15) is 0 Å². The Morgan fingerprint density at radius 2 is 2.20 bits per heavy atom. The number of ether oxygens (including phenoxy) is 1. The number of nitrogens with two attached hydrogens (primary N) is 1. The number of hydrogen-bond acceptors (Lipinski definition) is 3. The minimum Gasteiger partial charge on any atom is -0.494 e. The second-order valence-electron chi connectivity index (χ2n) is 6.49. The van der Waals surface area contributed by atoms with Gasteiger partial charge in [0.15, 0.2) is 0 Å². The molecule has 0 amide bonds. The van der Waals surface area contributed by atoms with Crippen molar-refractivity contribution in [1.29, 1.82) is 0 Å². The molecule has 0 heterocycles. The molecule has 0 spiro atoms. The molecule has 0 radical (unpaired) electrons. The molecule has 2 unspecified atom stereocenters. The number of rotatable bonds is 5. The van der Waals surface area contributed by atoms with Crippen molar-refractivity contribution in [2.75, 3.05) is 6.61 Å². The van der Waals surface area contributed by atoms with Gasteiger partial charge in [0.25, 0.3) is 0 Å². The molecule has 0 bridgehead atoms. The van der Waals surface area contributed by atoms with E-state index in [9.17, 15) is 0 Å². The van der Waals surface area contributed by atoms with Crippen molar-refractivity contribution in [3.05, 3.63) is 29.8 Å². The molecule has 1 saturated carbocycles. The fourth-order valence-electron chi connectivity index (χ4n) is 3.55. The summed E-state index contributed by atoms with van der Waals surface area (Å²) in [5, 5.41) is 0. The third-order valence-corrected chi connectivity index (χ3v) is 4.70. The van der Waals surface area contributed by atoms with Crippen LogP contribution in [0.25, 0.3) is 0 Å². The van der Waals surface area contributed by atoms with Crippen LogP contribution in [0, 0.1) is 11.3 Å². The Morgan fingerprint density at radius 1 is 1.40 bits per heavy atom. The molecule has 0 aliphatic heterocycles. The van der Waals surface area contributed by atoms with E-state index in [0.717, 1.165) is 5.75 Å². The molecular formula is C17H28N2O. The minimum absolute atomic E-state index is 0.200. The zero-order chi connectivity index (χ0) is 14.6. The van der Waals surface area contributed by atoms with Crippen molar-refractivity contribution in [3.63, 3.8) is 0 Å². The predicted octanol–water partition coefficient (Wildman–Crippen LogP) is 3.81. The smallest absolute Gasteiger partial charge is 0.119 e. The average molecular weight is 276 g/mol. The van der Waals surface area contributed by atoms with Gasteiger partial charge in [0.1, 0.15) is 5.75 Å². The number of hydrogen-bond donors (Lipinski definition) is 2. The van der Waals surface area contributed by atoms with E-state index in [2.05, 4.69) is 37.5 Å². The van der Waals surface area contributed by atoms with Crippen molar-refractivity contribution in [2.45, 2.75) is 52.5 Å². The van der Waals surface area contributed by atoms with E-state index >= 15 is 0 Å². The van der Waals surface area contributed by atoms with Gasteiger partial charge in [0.2, 0.25) is 0 Å². The summed E-state index contributed by atoms with van der Waals surface area (Å²) in [6.45, 7) is 7.44. The maximum atomic E-state index is 5.89. The number of hydrazine groups is 1. The zero-order valence-corrected chi connectivity index (χ0v) is 13.0. The van der Waals surface area contributed by atoms with Crippen LogP contribution in [0.3, 0.4) is 0 Å². The monoisotopic (exact) mass is 276 g/mol. The molecule has 20 heavy (non-hydrogen) atoms. The van der Waals surface area contributed by atoms with E-state index in [1.807, 2.05) is 13.0 Å². The topological polar surface area (TPSA) is 47.3 Å². The van der Waals surface area contributed by atoms with E-state index in [1.54, 1.807) is 0 Å². The molecule has 2 rings (SSSR count). The molecule has 1 aromatic carbocycles.